The Balaban J connectivity index is 1.30. The van der Waals surface area contributed by atoms with Crippen molar-refractivity contribution in [3.8, 4) is 11.3 Å². The fraction of sp³-hybridized carbons (Fsp3) is 0.636. The second kappa shape index (κ2) is 6.45. The Bertz CT molecular complexity index is 1010. The summed E-state index contributed by atoms with van der Waals surface area (Å²) in [7, 11) is 0. The summed E-state index contributed by atoms with van der Waals surface area (Å²) < 4.78 is 47.4. The molecule has 0 radical (unpaired) electrons. The minimum Gasteiger partial charge on any atom is -0.383 e. The van der Waals surface area contributed by atoms with Gasteiger partial charge in [0.05, 0.1) is 30.5 Å². The minimum absolute atomic E-state index is 0.244. The van der Waals surface area contributed by atoms with Gasteiger partial charge in [0.15, 0.2) is 0 Å². The van der Waals surface area contributed by atoms with Crippen LogP contribution in [0.4, 0.5) is 19.0 Å². The number of hydrogen-bond acceptors (Lipinski definition) is 5. The number of aromatic nitrogens is 3. The summed E-state index contributed by atoms with van der Waals surface area (Å²) in [6, 6.07) is 3.61. The molecule has 4 fully saturated rings. The number of halogens is 3. The van der Waals surface area contributed by atoms with Crippen molar-refractivity contribution < 1.29 is 17.9 Å². The highest BCUT2D eigenvalue weighted by molar-refractivity contribution is 5.63. The number of hydrogen-bond donors (Lipinski definition) is 1. The zero-order chi connectivity index (χ0) is 21.5. The van der Waals surface area contributed by atoms with E-state index in [0.29, 0.717) is 35.1 Å². The summed E-state index contributed by atoms with van der Waals surface area (Å²) in [6.07, 6.45) is -0.819. The van der Waals surface area contributed by atoms with Crippen LogP contribution in [0.25, 0.3) is 11.3 Å². The lowest BCUT2D eigenvalue weighted by Gasteiger charge is -2.35. The van der Waals surface area contributed by atoms with Gasteiger partial charge in [-0.05, 0) is 42.2 Å². The van der Waals surface area contributed by atoms with Crippen LogP contribution in [-0.2, 0) is 17.5 Å². The molecule has 4 aliphatic rings. The van der Waals surface area contributed by atoms with Crippen molar-refractivity contribution in [3.05, 3.63) is 29.6 Å². The molecule has 9 heteroatoms. The third kappa shape index (κ3) is 3.33. The average molecular weight is 433 g/mol. The quantitative estimate of drug-likeness (QED) is 0.783. The van der Waals surface area contributed by atoms with Crippen molar-refractivity contribution in [3.63, 3.8) is 0 Å². The molecule has 0 amide bonds. The second-order valence-electron chi connectivity index (χ2n) is 10.1. The number of piperidine rings is 1. The van der Waals surface area contributed by atoms with Crippen LogP contribution in [0.3, 0.4) is 0 Å². The van der Waals surface area contributed by atoms with Crippen LogP contribution in [-0.4, -0.2) is 52.0 Å². The van der Waals surface area contributed by atoms with Gasteiger partial charge in [-0.3, -0.25) is 9.58 Å². The molecule has 2 aliphatic carbocycles. The van der Waals surface area contributed by atoms with Gasteiger partial charge in [-0.15, -0.1) is 0 Å². The lowest BCUT2D eigenvalue weighted by atomic mass is 10.1. The van der Waals surface area contributed by atoms with Crippen LogP contribution < -0.4 is 5.73 Å². The second-order valence-corrected chi connectivity index (χ2v) is 10.1. The maximum atomic E-state index is 13.3. The number of ether oxygens (including phenoxy) is 1. The molecule has 166 valence electrons. The predicted molar refractivity (Wildman–Crippen MR) is 108 cm³/mol. The number of fused-ring (bicyclic) bond motifs is 1. The van der Waals surface area contributed by atoms with Gasteiger partial charge in [0.2, 0.25) is 0 Å². The highest BCUT2D eigenvalue weighted by Gasteiger charge is 2.59. The number of alkyl halides is 3. The molecule has 6 nitrogen and oxygen atoms in total. The van der Waals surface area contributed by atoms with E-state index in [1.807, 2.05) is 6.07 Å². The topological polar surface area (TPSA) is 69.2 Å². The van der Waals surface area contributed by atoms with Gasteiger partial charge in [0.25, 0.3) is 0 Å². The normalized spacial score (nSPS) is 29.6. The first-order chi connectivity index (χ1) is 14.7. The van der Waals surface area contributed by atoms with E-state index in [0.717, 1.165) is 57.4 Å². The number of nitrogens with two attached hydrogens (primary N) is 1. The van der Waals surface area contributed by atoms with Gasteiger partial charge < -0.3 is 10.5 Å². The number of pyridine rings is 1. The van der Waals surface area contributed by atoms with Crippen molar-refractivity contribution in [2.24, 2.45) is 17.3 Å². The van der Waals surface area contributed by atoms with Gasteiger partial charge >= 0.3 is 6.18 Å². The molecule has 2 saturated carbocycles. The summed E-state index contributed by atoms with van der Waals surface area (Å²) in [5, 5.41) is 4.76. The van der Waals surface area contributed by atoms with Gasteiger partial charge in [-0.1, -0.05) is 6.92 Å². The van der Waals surface area contributed by atoms with Crippen LogP contribution >= 0.6 is 0 Å². The molecule has 6 rings (SSSR count). The Morgan fingerprint density at radius 1 is 1.19 bits per heavy atom. The fourth-order valence-electron chi connectivity index (χ4n) is 5.27. The molecule has 0 aromatic carbocycles. The third-order valence-electron chi connectivity index (χ3n) is 7.67. The first-order valence-corrected chi connectivity index (χ1v) is 10.9. The Morgan fingerprint density at radius 3 is 2.48 bits per heavy atom. The summed E-state index contributed by atoms with van der Waals surface area (Å²) in [4.78, 5) is 6.33. The number of nitrogen functional groups attached to an aromatic ring is 1. The van der Waals surface area contributed by atoms with E-state index in [1.165, 1.54) is 6.20 Å². The number of rotatable bonds is 5. The largest absolute Gasteiger partial charge is 0.419 e. The lowest BCUT2D eigenvalue weighted by molar-refractivity contribution is -0.137. The monoisotopic (exact) mass is 433 g/mol. The zero-order valence-electron chi connectivity index (χ0n) is 17.4. The average Bonchev–Trinajstić information content (AvgIpc) is 3.41. The van der Waals surface area contributed by atoms with Crippen LogP contribution in [0.5, 0.6) is 0 Å². The highest BCUT2D eigenvalue weighted by Crippen LogP contribution is 2.59. The summed E-state index contributed by atoms with van der Waals surface area (Å²) >= 11 is 0. The van der Waals surface area contributed by atoms with Crippen LogP contribution in [0.2, 0.25) is 0 Å². The first-order valence-electron chi connectivity index (χ1n) is 10.9. The lowest BCUT2D eigenvalue weighted by Crippen LogP contribution is -2.48. The van der Waals surface area contributed by atoms with Crippen LogP contribution in [0.15, 0.2) is 18.3 Å². The molecule has 4 heterocycles. The molecule has 1 unspecified atom stereocenters. The van der Waals surface area contributed by atoms with E-state index < -0.39 is 17.6 Å². The fourth-order valence-corrected chi connectivity index (χ4v) is 5.27. The predicted octanol–water partition coefficient (Wildman–Crippen LogP) is 3.39. The van der Waals surface area contributed by atoms with Crippen LogP contribution in [0, 0.1) is 17.3 Å². The number of anilines is 1. The van der Waals surface area contributed by atoms with Crippen molar-refractivity contribution >= 4 is 5.82 Å². The van der Waals surface area contributed by atoms with E-state index >= 15 is 0 Å². The molecule has 2 aromatic rings. The van der Waals surface area contributed by atoms with Crippen molar-refractivity contribution in [1.29, 1.82) is 0 Å². The summed E-state index contributed by atoms with van der Waals surface area (Å²) in [5.41, 5.74) is 6.89. The third-order valence-corrected chi connectivity index (χ3v) is 7.67. The Kier molecular flexibility index (Phi) is 4.06. The zero-order valence-corrected chi connectivity index (χ0v) is 17.4. The van der Waals surface area contributed by atoms with Gasteiger partial charge in [-0.2, -0.15) is 18.3 Å². The Labute approximate surface area is 178 Å². The standard InChI is InChI=1S/C22H26F3N5O/c1-21(2-3-21)11-30-18(19-14-7-29(8-15(14)19)13-9-31-10-13)5-17(28-30)12-4-16(22(23,24)25)20(26)27-6-12/h4-6,13-15,19H,2-3,7-11H2,1H3,(H2,26,27)/t14-,15+,19?. The molecule has 2 saturated heterocycles. The van der Waals surface area contributed by atoms with Gasteiger partial charge in [-0.25, -0.2) is 4.98 Å². The minimum atomic E-state index is -4.54. The summed E-state index contributed by atoms with van der Waals surface area (Å²) in [5.74, 6) is 1.14. The van der Waals surface area contributed by atoms with Crippen LogP contribution in [0.1, 0.15) is 36.9 Å². The van der Waals surface area contributed by atoms with Crippen molar-refractivity contribution in [1.82, 2.24) is 19.7 Å². The van der Waals surface area contributed by atoms with E-state index in [-0.39, 0.29) is 5.41 Å². The molecule has 2 aliphatic heterocycles. The van der Waals surface area contributed by atoms with E-state index in [2.05, 4.69) is 21.5 Å². The molecule has 31 heavy (non-hydrogen) atoms. The number of likely N-dealkylation sites (tertiary alicyclic amines) is 1. The molecular weight excluding hydrogens is 407 g/mol. The molecule has 0 bridgehead atoms. The van der Waals surface area contributed by atoms with Gasteiger partial charge in [0, 0.05) is 43.0 Å². The maximum absolute atomic E-state index is 13.3. The van der Waals surface area contributed by atoms with Crippen molar-refractivity contribution in [2.45, 2.75) is 44.4 Å². The smallest absolute Gasteiger partial charge is 0.383 e. The first kappa shape index (κ1) is 19.5. The highest BCUT2D eigenvalue weighted by atomic mass is 19.4. The SMILES string of the molecule is CC1(Cn2nc(-c3cnc(N)c(C(F)(F)F)c3)cc2C2[C@H]3CN(C4COC4)C[C@@H]23)CC1. The molecule has 3 atom stereocenters. The van der Waals surface area contributed by atoms with Gasteiger partial charge in [0.1, 0.15) is 5.82 Å². The Morgan fingerprint density at radius 2 is 1.90 bits per heavy atom. The molecule has 0 spiro atoms. The molecule has 2 aromatic heterocycles. The van der Waals surface area contributed by atoms with Crippen molar-refractivity contribution in [2.75, 3.05) is 32.0 Å². The molecular formula is C22H26F3N5O. The van der Waals surface area contributed by atoms with E-state index in [9.17, 15) is 13.2 Å². The summed E-state index contributed by atoms with van der Waals surface area (Å²) in [6.45, 7) is 6.86. The van der Waals surface area contributed by atoms with E-state index in [1.54, 1.807) is 0 Å². The number of nitrogens with zero attached hydrogens (tertiary/aromatic N) is 4. The Hall–Kier alpha value is -2.13. The molecule has 2 N–H and O–H groups in total. The maximum Gasteiger partial charge on any atom is 0.419 e. The van der Waals surface area contributed by atoms with E-state index in [4.69, 9.17) is 15.6 Å².